The summed E-state index contributed by atoms with van der Waals surface area (Å²) in [5, 5.41) is 2.75. The number of benzene rings is 2. The zero-order valence-corrected chi connectivity index (χ0v) is 14.0. The largest absolute Gasteiger partial charge is 0.467 e. The van der Waals surface area contributed by atoms with E-state index in [1.54, 1.807) is 24.3 Å². The van der Waals surface area contributed by atoms with Crippen molar-refractivity contribution in [3.05, 3.63) is 77.9 Å². The van der Waals surface area contributed by atoms with E-state index in [0.717, 1.165) is 18.8 Å². The average Bonchev–Trinajstić information content (AvgIpc) is 3.21. The molecular weight excluding hydrogens is 316 g/mol. The lowest BCUT2D eigenvalue weighted by Crippen LogP contribution is -2.34. The van der Waals surface area contributed by atoms with Gasteiger partial charge in [0, 0.05) is 24.3 Å². The van der Waals surface area contributed by atoms with Crippen LogP contribution in [0.3, 0.4) is 0 Å². The fourth-order valence-electron chi connectivity index (χ4n) is 2.77. The van der Waals surface area contributed by atoms with E-state index in [9.17, 15) is 9.59 Å². The number of hydrogen-bond acceptors (Lipinski definition) is 4. The molecule has 1 amide bonds. The predicted octanol–water partition coefficient (Wildman–Crippen LogP) is 2.71. The minimum atomic E-state index is -0.832. The van der Waals surface area contributed by atoms with Gasteiger partial charge >= 0.3 is 5.97 Å². The third-order valence-corrected chi connectivity index (χ3v) is 4.16. The smallest absolute Gasteiger partial charge is 0.333 e. The Labute approximate surface area is 146 Å². The number of anilines is 1. The van der Waals surface area contributed by atoms with E-state index < -0.39 is 12.0 Å². The summed E-state index contributed by atoms with van der Waals surface area (Å²) >= 11 is 0. The fourth-order valence-corrected chi connectivity index (χ4v) is 2.77. The van der Waals surface area contributed by atoms with Gasteiger partial charge in [-0.3, -0.25) is 4.79 Å². The highest BCUT2D eigenvalue weighted by Gasteiger charge is 2.24. The molecule has 1 atom stereocenters. The molecule has 2 aromatic rings. The van der Waals surface area contributed by atoms with Gasteiger partial charge in [-0.1, -0.05) is 42.5 Å². The quantitative estimate of drug-likeness (QED) is 0.674. The molecule has 0 radical (unpaired) electrons. The first-order valence-corrected chi connectivity index (χ1v) is 8.12. The maximum absolute atomic E-state index is 12.5. The summed E-state index contributed by atoms with van der Waals surface area (Å²) in [5.41, 5.74) is 2.25. The van der Waals surface area contributed by atoms with Crippen molar-refractivity contribution in [3.63, 3.8) is 0 Å². The van der Waals surface area contributed by atoms with Gasteiger partial charge in [-0.2, -0.15) is 0 Å². The van der Waals surface area contributed by atoms with E-state index in [2.05, 4.69) is 22.4 Å². The monoisotopic (exact) mass is 336 g/mol. The van der Waals surface area contributed by atoms with Crippen LogP contribution in [0.5, 0.6) is 0 Å². The number of esters is 1. The summed E-state index contributed by atoms with van der Waals surface area (Å²) in [5.74, 6) is -0.815. The molecule has 1 N–H and O–H groups in total. The molecule has 1 aliphatic rings. The molecule has 0 fully saturated rings. The maximum Gasteiger partial charge on any atom is 0.333 e. The van der Waals surface area contributed by atoms with E-state index in [4.69, 9.17) is 4.74 Å². The Morgan fingerprint density at radius 1 is 1.00 bits per heavy atom. The van der Waals surface area contributed by atoms with Crippen LogP contribution >= 0.6 is 0 Å². The first-order chi connectivity index (χ1) is 12.2. The van der Waals surface area contributed by atoms with E-state index in [1.165, 1.54) is 7.11 Å². The van der Waals surface area contributed by atoms with Crippen molar-refractivity contribution in [1.82, 2.24) is 5.32 Å². The number of hydrogen-bond donors (Lipinski definition) is 1. The molecule has 5 heteroatoms. The lowest BCUT2D eigenvalue weighted by Gasteiger charge is -2.19. The van der Waals surface area contributed by atoms with Gasteiger partial charge in [-0.15, -0.1) is 0 Å². The van der Waals surface area contributed by atoms with Gasteiger partial charge in [0.1, 0.15) is 0 Å². The molecule has 0 aliphatic carbocycles. The second-order valence-electron chi connectivity index (χ2n) is 5.76. The number of methoxy groups -OCH3 is 1. The van der Waals surface area contributed by atoms with Crippen LogP contribution < -0.4 is 10.2 Å². The van der Waals surface area contributed by atoms with Crippen LogP contribution in [0.25, 0.3) is 0 Å². The lowest BCUT2D eigenvalue weighted by molar-refractivity contribution is -0.143. The van der Waals surface area contributed by atoms with Crippen LogP contribution in [0.4, 0.5) is 5.69 Å². The normalized spacial score (nSPS) is 14.2. The van der Waals surface area contributed by atoms with Crippen molar-refractivity contribution in [2.45, 2.75) is 6.04 Å². The Morgan fingerprint density at radius 3 is 2.24 bits per heavy atom. The van der Waals surface area contributed by atoms with Crippen LogP contribution in [0.1, 0.15) is 22.0 Å². The summed E-state index contributed by atoms with van der Waals surface area (Å²) in [6.07, 6.45) is 4.23. The number of nitrogens with zero attached hydrogens (tertiary/aromatic N) is 1. The van der Waals surface area contributed by atoms with E-state index >= 15 is 0 Å². The van der Waals surface area contributed by atoms with Crippen molar-refractivity contribution in [3.8, 4) is 0 Å². The van der Waals surface area contributed by atoms with Crippen molar-refractivity contribution >= 4 is 17.6 Å². The highest BCUT2D eigenvalue weighted by Crippen LogP contribution is 2.19. The van der Waals surface area contributed by atoms with Crippen molar-refractivity contribution < 1.29 is 14.3 Å². The molecule has 128 valence electrons. The third-order valence-electron chi connectivity index (χ3n) is 4.16. The third kappa shape index (κ3) is 3.88. The Morgan fingerprint density at radius 2 is 1.64 bits per heavy atom. The minimum absolute atomic E-state index is 0.314. The van der Waals surface area contributed by atoms with Gasteiger partial charge in [0.05, 0.1) is 7.11 Å². The molecular formula is C20H20N2O3. The topological polar surface area (TPSA) is 58.6 Å². The molecule has 1 aliphatic heterocycles. The lowest BCUT2D eigenvalue weighted by atomic mass is 10.1. The zero-order chi connectivity index (χ0) is 17.6. The molecule has 5 nitrogen and oxygen atoms in total. The van der Waals surface area contributed by atoms with Gasteiger partial charge in [0.2, 0.25) is 0 Å². The summed E-state index contributed by atoms with van der Waals surface area (Å²) < 4.78 is 4.82. The van der Waals surface area contributed by atoms with Crippen LogP contribution in [-0.4, -0.2) is 32.1 Å². The van der Waals surface area contributed by atoms with Crippen LogP contribution in [0.15, 0.2) is 66.7 Å². The first-order valence-electron chi connectivity index (χ1n) is 8.12. The highest BCUT2D eigenvalue weighted by molar-refractivity contribution is 5.97. The SMILES string of the molecule is COC(=O)C(NC(=O)c1ccc(N2CC=CC2)cc1)c1ccccc1. The van der Waals surface area contributed by atoms with Gasteiger partial charge in [0.15, 0.2) is 6.04 Å². The zero-order valence-electron chi connectivity index (χ0n) is 14.0. The Balaban J connectivity index is 1.73. The number of amides is 1. The molecule has 0 spiro atoms. The minimum Gasteiger partial charge on any atom is -0.467 e. The van der Waals surface area contributed by atoms with Gasteiger partial charge < -0.3 is 15.0 Å². The molecule has 25 heavy (non-hydrogen) atoms. The molecule has 0 bridgehead atoms. The standard InChI is InChI=1S/C20H20N2O3/c1-25-20(24)18(15-7-3-2-4-8-15)21-19(23)16-9-11-17(12-10-16)22-13-5-6-14-22/h2-12,18H,13-14H2,1H3,(H,21,23). The molecule has 0 saturated carbocycles. The van der Waals surface area contributed by atoms with Crippen LogP contribution in [-0.2, 0) is 9.53 Å². The Bertz CT molecular complexity index is 761. The van der Waals surface area contributed by atoms with Crippen molar-refractivity contribution in [2.24, 2.45) is 0 Å². The number of rotatable bonds is 5. The number of nitrogens with one attached hydrogen (secondary N) is 1. The van der Waals surface area contributed by atoms with Gasteiger partial charge in [0.25, 0.3) is 5.91 Å². The van der Waals surface area contributed by atoms with E-state index in [1.807, 2.05) is 30.3 Å². The highest BCUT2D eigenvalue weighted by atomic mass is 16.5. The van der Waals surface area contributed by atoms with Crippen LogP contribution in [0.2, 0.25) is 0 Å². The van der Waals surface area contributed by atoms with Gasteiger partial charge in [-0.05, 0) is 29.8 Å². The maximum atomic E-state index is 12.5. The number of carbonyl (C=O) groups is 2. The predicted molar refractivity (Wildman–Crippen MR) is 96.5 cm³/mol. The van der Waals surface area contributed by atoms with E-state index in [-0.39, 0.29) is 5.91 Å². The van der Waals surface area contributed by atoms with Crippen molar-refractivity contribution in [1.29, 1.82) is 0 Å². The average molecular weight is 336 g/mol. The second kappa shape index (κ2) is 7.66. The molecule has 1 unspecified atom stereocenters. The summed E-state index contributed by atoms with van der Waals surface area (Å²) in [4.78, 5) is 26.8. The van der Waals surface area contributed by atoms with E-state index in [0.29, 0.717) is 11.1 Å². The fraction of sp³-hybridized carbons (Fsp3) is 0.200. The second-order valence-corrected chi connectivity index (χ2v) is 5.76. The summed E-state index contributed by atoms with van der Waals surface area (Å²) in [7, 11) is 1.31. The van der Waals surface area contributed by atoms with Crippen molar-refractivity contribution in [2.75, 3.05) is 25.1 Å². The number of ether oxygens (including phenoxy) is 1. The Kier molecular flexibility index (Phi) is 5.14. The molecule has 0 saturated heterocycles. The first kappa shape index (κ1) is 16.8. The molecule has 2 aromatic carbocycles. The summed E-state index contributed by atoms with van der Waals surface area (Å²) in [6.45, 7) is 1.76. The molecule has 1 heterocycles. The summed E-state index contributed by atoms with van der Waals surface area (Å²) in [6, 6.07) is 15.6. The van der Waals surface area contributed by atoms with Crippen LogP contribution in [0, 0.1) is 0 Å². The Hall–Kier alpha value is -3.08. The van der Waals surface area contributed by atoms with Gasteiger partial charge in [-0.25, -0.2) is 4.79 Å². The molecule has 0 aromatic heterocycles. The molecule has 3 rings (SSSR count). The number of carbonyl (C=O) groups excluding carboxylic acids is 2.